The highest BCUT2D eigenvalue weighted by Gasteiger charge is 2.17. The summed E-state index contributed by atoms with van der Waals surface area (Å²) in [5.41, 5.74) is 6.73. The van der Waals surface area contributed by atoms with Gasteiger partial charge in [0.2, 0.25) is 10.0 Å². The Kier molecular flexibility index (Phi) is 6.00. The number of hydrogen-bond donors (Lipinski definition) is 2. The summed E-state index contributed by atoms with van der Waals surface area (Å²) in [5, 5.41) is 0. The number of nitrogen functional groups attached to an aromatic ring is 1. The first-order valence-corrected chi connectivity index (χ1v) is 7.50. The smallest absolute Gasteiger partial charge is 0.242 e. The summed E-state index contributed by atoms with van der Waals surface area (Å²) in [7, 11) is -2.16. The fourth-order valence-corrected chi connectivity index (χ4v) is 2.59. The molecule has 0 amide bonds. The molecular formula is C13H20N2O4S. The summed E-state index contributed by atoms with van der Waals surface area (Å²) < 4.78 is 36.7. The summed E-state index contributed by atoms with van der Waals surface area (Å²) in [5.74, 6) is 0.506. The molecule has 0 spiro atoms. The molecule has 112 valence electrons. The highest BCUT2D eigenvalue weighted by Crippen LogP contribution is 2.23. The van der Waals surface area contributed by atoms with Crippen LogP contribution in [-0.4, -0.2) is 35.3 Å². The molecule has 1 aromatic carbocycles. The van der Waals surface area contributed by atoms with Gasteiger partial charge in [-0.15, -0.1) is 0 Å². The van der Waals surface area contributed by atoms with E-state index in [0.29, 0.717) is 12.4 Å². The van der Waals surface area contributed by atoms with Crippen LogP contribution in [0.1, 0.15) is 6.92 Å². The molecule has 0 radical (unpaired) electrons. The standard InChI is InChI=1S/C13H20N2O4S/c1-10(2)9-19-7-6-15-20(16,17)13-5-4-11(18-3)8-12(13)14/h4-5,8,15H,1,6-7,9,14H2,2-3H3. The van der Waals surface area contributed by atoms with Crippen LogP contribution in [0.3, 0.4) is 0 Å². The van der Waals surface area contributed by atoms with Crippen LogP contribution in [0, 0.1) is 0 Å². The van der Waals surface area contributed by atoms with Crippen LogP contribution in [-0.2, 0) is 14.8 Å². The molecular weight excluding hydrogens is 280 g/mol. The zero-order chi connectivity index (χ0) is 15.2. The lowest BCUT2D eigenvalue weighted by atomic mass is 10.3. The maximum Gasteiger partial charge on any atom is 0.242 e. The highest BCUT2D eigenvalue weighted by molar-refractivity contribution is 7.89. The minimum atomic E-state index is -3.65. The lowest BCUT2D eigenvalue weighted by molar-refractivity contribution is 0.162. The van der Waals surface area contributed by atoms with Crippen LogP contribution in [0.5, 0.6) is 5.75 Å². The first-order chi connectivity index (χ1) is 9.36. The molecule has 0 aliphatic carbocycles. The summed E-state index contributed by atoms with van der Waals surface area (Å²) in [6.07, 6.45) is 0. The Morgan fingerprint density at radius 1 is 1.45 bits per heavy atom. The van der Waals surface area contributed by atoms with Crippen molar-refractivity contribution in [3.8, 4) is 5.75 Å². The van der Waals surface area contributed by atoms with E-state index in [1.54, 1.807) is 6.07 Å². The summed E-state index contributed by atoms with van der Waals surface area (Å²) in [6.45, 7) is 6.36. The first kappa shape index (κ1) is 16.5. The molecule has 20 heavy (non-hydrogen) atoms. The fourth-order valence-electron chi connectivity index (χ4n) is 1.47. The van der Waals surface area contributed by atoms with E-state index >= 15 is 0 Å². The molecule has 6 nitrogen and oxygen atoms in total. The van der Waals surface area contributed by atoms with E-state index < -0.39 is 10.0 Å². The van der Waals surface area contributed by atoms with E-state index in [2.05, 4.69) is 11.3 Å². The minimum absolute atomic E-state index is 0.0261. The molecule has 0 atom stereocenters. The van der Waals surface area contributed by atoms with E-state index in [4.69, 9.17) is 15.2 Å². The number of benzene rings is 1. The van der Waals surface area contributed by atoms with Crippen LogP contribution in [0.25, 0.3) is 0 Å². The van der Waals surface area contributed by atoms with Crippen molar-refractivity contribution in [2.45, 2.75) is 11.8 Å². The molecule has 0 heterocycles. The Bertz CT molecular complexity index is 570. The summed E-state index contributed by atoms with van der Waals surface area (Å²) in [4.78, 5) is 0.0261. The van der Waals surface area contributed by atoms with Crippen LogP contribution >= 0.6 is 0 Å². The molecule has 1 aromatic rings. The molecule has 0 unspecified atom stereocenters. The average Bonchev–Trinajstić information content (AvgIpc) is 2.37. The zero-order valence-corrected chi connectivity index (χ0v) is 12.5. The molecule has 7 heteroatoms. The second kappa shape index (κ2) is 7.28. The van der Waals surface area contributed by atoms with Crippen molar-refractivity contribution in [2.24, 2.45) is 0 Å². The van der Waals surface area contributed by atoms with Gasteiger partial charge in [-0.25, -0.2) is 13.1 Å². The third-order valence-corrected chi connectivity index (χ3v) is 3.93. The largest absolute Gasteiger partial charge is 0.497 e. The number of anilines is 1. The van der Waals surface area contributed by atoms with Crippen molar-refractivity contribution < 1.29 is 17.9 Å². The molecule has 1 rings (SSSR count). The summed E-state index contributed by atoms with van der Waals surface area (Å²) >= 11 is 0. The van der Waals surface area contributed by atoms with Crippen molar-refractivity contribution in [3.63, 3.8) is 0 Å². The van der Waals surface area contributed by atoms with E-state index in [-0.39, 0.29) is 23.7 Å². The minimum Gasteiger partial charge on any atom is -0.497 e. The van der Waals surface area contributed by atoms with Gasteiger partial charge in [0.15, 0.2) is 0 Å². The lowest BCUT2D eigenvalue weighted by Crippen LogP contribution is -2.28. The van der Waals surface area contributed by atoms with Gasteiger partial charge in [-0.3, -0.25) is 0 Å². The third kappa shape index (κ3) is 4.84. The number of ether oxygens (including phenoxy) is 2. The Morgan fingerprint density at radius 3 is 2.70 bits per heavy atom. The Morgan fingerprint density at radius 2 is 2.15 bits per heavy atom. The van der Waals surface area contributed by atoms with Gasteiger partial charge in [-0.05, 0) is 19.1 Å². The van der Waals surface area contributed by atoms with Crippen molar-refractivity contribution in [1.82, 2.24) is 4.72 Å². The van der Waals surface area contributed by atoms with Gasteiger partial charge in [0.1, 0.15) is 10.6 Å². The van der Waals surface area contributed by atoms with Crippen LogP contribution in [0.2, 0.25) is 0 Å². The number of sulfonamides is 1. The van der Waals surface area contributed by atoms with Crippen LogP contribution in [0.4, 0.5) is 5.69 Å². The fraction of sp³-hybridized carbons (Fsp3) is 0.385. The predicted octanol–water partition coefficient (Wildman–Crippen LogP) is 1.15. The molecule has 0 saturated heterocycles. The van der Waals surface area contributed by atoms with Gasteiger partial charge in [-0.1, -0.05) is 12.2 Å². The monoisotopic (exact) mass is 300 g/mol. The SMILES string of the molecule is C=C(C)COCCNS(=O)(=O)c1ccc(OC)cc1N. The maximum atomic E-state index is 12.0. The van der Waals surface area contributed by atoms with Crippen molar-refractivity contribution in [3.05, 3.63) is 30.4 Å². The predicted molar refractivity (Wildman–Crippen MR) is 78.2 cm³/mol. The Balaban J connectivity index is 2.62. The van der Waals surface area contributed by atoms with Crippen LogP contribution < -0.4 is 15.2 Å². The zero-order valence-electron chi connectivity index (χ0n) is 11.7. The van der Waals surface area contributed by atoms with E-state index in [1.165, 1.54) is 19.2 Å². The maximum absolute atomic E-state index is 12.0. The van der Waals surface area contributed by atoms with Gasteiger partial charge < -0.3 is 15.2 Å². The first-order valence-electron chi connectivity index (χ1n) is 6.02. The number of nitrogens with two attached hydrogens (primary N) is 1. The van der Waals surface area contributed by atoms with E-state index in [0.717, 1.165) is 5.57 Å². The van der Waals surface area contributed by atoms with Gasteiger partial charge in [0.05, 0.1) is 26.0 Å². The second-order valence-electron chi connectivity index (χ2n) is 4.31. The molecule has 0 aliphatic rings. The third-order valence-electron chi connectivity index (χ3n) is 2.39. The van der Waals surface area contributed by atoms with Gasteiger partial charge >= 0.3 is 0 Å². The van der Waals surface area contributed by atoms with Gasteiger partial charge in [-0.2, -0.15) is 0 Å². The quantitative estimate of drug-likeness (QED) is 0.427. The average molecular weight is 300 g/mol. The van der Waals surface area contributed by atoms with E-state index in [1.807, 2.05) is 6.92 Å². The number of hydrogen-bond acceptors (Lipinski definition) is 5. The number of nitrogens with one attached hydrogen (secondary N) is 1. The van der Waals surface area contributed by atoms with Crippen molar-refractivity contribution >= 4 is 15.7 Å². The van der Waals surface area contributed by atoms with Crippen molar-refractivity contribution in [2.75, 3.05) is 32.6 Å². The van der Waals surface area contributed by atoms with E-state index in [9.17, 15) is 8.42 Å². The molecule has 0 bridgehead atoms. The molecule has 0 fully saturated rings. The van der Waals surface area contributed by atoms with Gasteiger partial charge in [0, 0.05) is 12.6 Å². The van der Waals surface area contributed by atoms with Crippen molar-refractivity contribution in [1.29, 1.82) is 0 Å². The topological polar surface area (TPSA) is 90.6 Å². The normalized spacial score (nSPS) is 11.3. The van der Waals surface area contributed by atoms with Crippen LogP contribution in [0.15, 0.2) is 35.2 Å². The Hall–Kier alpha value is -1.57. The van der Waals surface area contributed by atoms with Gasteiger partial charge in [0.25, 0.3) is 0 Å². The molecule has 0 aromatic heterocycles. The lowest BCUT2D eigenvalue weighted by Gasteiger charge is -2.10. The Labute approximate surface area is 119 Å². The second-order valence-corrected chi connectivity index (χ2v) is 6.05. The molecule has 3 N–H and O–H groups in total. The number of methoxy groups -OCH3 is 1. The summed E-state index contributed by atoms with van der Waals surface area (Å²) in [6, 6.07) is 4.42. The number of rotatable bonds is 8. The highest BCUT2D eigenvalue weighted by atomic mass is 32.2. The molecule has 0 aliphatic heterocycles. The molecule has 0 saturated carbocycles.